The maximum Gasteiger partial charge on any atom is 0.269 e. The van der Waals surface area contributed by atoms with Gasteiger partial charge in [-0.05, 0) is 25.0 Å². The summed E-state index contributed by atoms with van der Waals surface area (Å²) in [6.07, 6.45) is 1.35. The summed E-state index contributed by atoms with van der Waals surface area (Å²) in [5, 5.41) is 2.78. The smallest absolute Gasteiger partial charge is 0.269 e. The van der Waals surface area contributed by atoms with Gasteiger partial charge >= 0.3 is 0 Å². The molecule has 0 radical (unpaired) electrons. The monoisotopic (exact) mass is 381 g/mol. The molecule has 0 spiro atoms. The van der Waals surface area contributed by atoms with E-state index in [2.05, 4.69) is 5.32 Å². The van der Waals surface area contributed by atoms with Gasteiger partial charge in [0.05, 0.1) is 18.5 Å². The van der Waals surface area contributed by atoms with Crippen molar-refractivity contribution in [3.05, 3.63) is 24.3 Å². The molecule has 3 rings (SSSR count). The second-order valence-corrected chi connectivity index (χ2v) is 8.64. The van der Waals surface area contributed by atoms with Crippen molar-refractivity contribution in [2.75, 3.05) is 37.8 Å². The minimum atomic E-state index is -3.21. The molecule has 8 nitrogen and oxygen atoms in total. The number of piperidine rings is 1. The first kappa shape index (κ1) is 18.7. The molecule has 26 heavy (non-hydrogen) atoms. The van der Waals surface area contributed by atoms with E-state index in [0.717, 1.165) is 0 Å². The standard InChI is InChI=1S/C17H23N3O5S/c1-19-13-5-3-4-6-14(13)25-15(17(19)22)11-18-16(21)12-7-9-20(10-8-12)26(2,23)24/h3-6,12,15H,7-11H2,1-2H3,(H,18,21). The molecule has 0 aliphatic carbocycles. The van der Waals surface area contributed by atoms with E-state index in [0.29, 0.717) is 37.4 Å². The zero-order chi connectivity index (χ0) is 18.9. The number of rotatable bonds is 4. The number of anilines is 1. The van der Waals surface area contributed by atoms with Gasteiger partial charge in [-0.2, -0.15) is 0 Å². The fourth-order valence-corrected chi connectivity index (χ4v) is 4.16. The molecule has 0 aromatic heterocycles. The molecule has 9 heteroatoms. The van der Waals surface area contributed by atoms with Crippen LogP contribution in [0.1, 0.15) is 12.8 Å². The highest BCUT2D eigenvalue weighted by molar-refractivity contribution is 7.88. The third-order valence-corrected chi connectivity index (χ3v) is 6.16. The van der Waals surface area contributed by atoms with Crippen molar-refractivity contribution in [1.82, 2.24) is 9.62 Å². The Hall–Kier alpha value is -2.13. The topological polar surface area (TPSA) is 96.0 Å². The van der Waals surface area contributed by atoms with Crippen LogP contribution >= 0.6 is 0 Å². The van der Waals surface area contributed by atoms with Crippen LogP contribution in [0.5, 0.6) is 5.75 Å². The normalized spacial score (nSPS) is 21.8. The summed E-state index contributed by atoms with van der Waals surface area (Å²) in [7, 11) is -1.53. The molecule has 1 unspecified atom stereocenters. The maximum absolute atomic E-state index is 12.4. The van der Waals surface area contributed by atoms with Gasteiger partial charge in [-0.1, -0.05) is 12.1 Å². The van der Waals surface area contributed by atoms with Crippen LogP contribution in [0.3, 0.4) is 0 Å². The molecule has 2 heterocycles. The number of benzene rings is 1. The molecule has 1 N–H and O–H groups in total. The predicted molar refractivity (Wildman–Crippen MR) is 96.4 cm³/mol. The minimum absolute atomic E-state index is 0.0859. The first-order chi connectivity index (χ1) is 12.3. The van der Waals surface area contributed by atoms with Crippen molar-refractivity contribution in [3.63, 3.8) is 0 Å². The number of para-hydroxylation sites is 2. The highest BCUT2D eigenvalue weighted by atomic mass is 32.2. The highest BCUT2D eigenvalue weighted by Crippen LogP contribution is 2.32. The first-order valence-electron chi connectivity index (χ1n) is 8.53. The van der Waals surface area contributed by atoms with E-state index in [4.69, 9.17) is 4.74 Å². The van der Waals surface area contributed by atoms with Crippen molar-refractivity contribution in [3.8, 4) is 5.75 Å². The largest absolute Gasteiger partial charge is 0.477 e. The number of ether oxygens (including phenoxy) is 1. The lowest BCUT2D eigenvalue weighted by atomic mass is 9.97. The summed E-state index contributed by atoms with van der Waals surface area (Å²) in [6, 6.07) is 7.25. The van der Waals surface area contributed by atoms with Crippen LogP contribution in [-0.4, -0.2) is 63.6 Å². The van der Waals surface area contributed by atoms with Gasteiger partial charge in [0.15, 0.2) is 6.10 Å². The fourth-order valence-electron chi connectivity index (χ4n) is 3.29. The SMILES string of the molecule is CN1C(=O)C(CNC(=O)C2CCN(S(C)(=O)=O)CC2)Oc2ccccc21. The molecule has 1 aromatic carbocycles. The number of fused-ring (bicyclic) bond motifs is 1. The lowest BCUT2D eigenvalue weighted by Crippen LogP contribution is -2.51. The van der Waals surface area contributed by atoms with Crippen molar-refractivity contribution in [1.29, 1.82) is 0 Å². The van der Waals surface area contributed by atoms with Crippen LogP contribution in [0.2, 0.25) is 0 Å². The molecule has 142 valence electrons. The molecule has 1 aromatic rings. The number of sulfonamides is 1. The fraction of sp³-hybridized carbons (Fsp3) is 0.529. The van der Waals surface area contributed by atoms with Crippen molar-refractivity contribution in [2.45, 2.75) is 18.9 Å². The van der Waals surface area contributed by atoms with Gasteiger partial charge in [0.2, 0.25) is 15.9 Å². The number of nitrogens with zero attached hydrogens (tertiary/aromatic N) is 2. The molecule has 1 atom stereocenters. The van der Waals surface area contributed by atoms with Gasteiger partial charge in [0, 0.05) is 26.1 Å². The third-order valence-electron chi connectivity index (χ3n) is 4.86. The molecule has 0 bridgehead atoms. The molecular weight excluding hydrogens is 358 g/mol. The van der Waals surface area contributed by atoms with Crippen LogP contribution in [-0.2, 0) is 19.6 Å². The average Bonchev–Trinajstić information content (AvgIpc) is 2.62. The summed E-state index contributed by atoms with van der Waals surface area (Å²) < 4.78 is 30.2. The molecule has 1 fully saturated rings. The lowest BCUT2D eigenvalue weighted by Gasteiger charge is -2.33. The molecule has 1 saturated heterocycles. The van der Waals surface area contributed by atoms with Gasteiger partial charge < -0.3 is 15.0 Å². The zero-order valence-corrected chi connectivity index (χ0v) is 15.7. The second-order valence-electron chi connectivity index (χ2n) is 6.65. The van der Waals surface area contributed by atoms with Crippen LogP contribution in [0, 0.1) is 5.92 Å². The molecule has 0 saturated carbocycles. The van der Waals surface area contributed by atoms with Crippen LogP contribution in [0.4, 0.5) is 5.69 Å². The van der Waals surface area contributed by atoms with E-state index < -0.39 is 16.1 Å². The van der Waals surface area contributed by atoms with Gasteiger partial charge in [-0.15, -0.1) is 0 Å². The Morgan fingerprint density at radius 2 is 1.92 bits per heavy atom. The number of carbonyl (C=O) groups excluding carboxylic acids is 2. The Labute approximate surface area is 153 Å². The Balaban J connectivity index is 1.55. The minimum Gasteiger partial charge on any atom is -0.477 e. The van der Waals surface area contributed by atoms with Crippen LogP contribution < -0.4 is 15.0 Å². The van der Waals surface area contributed by atoms with Crippen molar-refractivity contribution < 1.29 is 22.7 Å². The number of hydrogen-bond donors (Lipinski definition) is 1. The van der Waals surface area contributed by atoms with Crippen LogP contribution in [0.15, 0.2) is 24.3 Å². The first-order valence-corrected chi connectivity index (χ1v) is 10.4. The van der Waals surface area contributed by atoms with Crippen molar-refractivity contribution >= 4 is 27.5 Å². The predicted octanol–water partition coefficient (Wildman–Crippen LogP) is 0.198. The van der Waals surface area contributed by atoms with Gasteiger partial charge in [-0.25, -0.2) is 12.7 Å². The maximum atomic E-state index is 12.4. The Bertz CT molecular complexity index is 802. The van der Waals surface area contributed by atoms with E-state index in [1.54, 1.807) is 19.2 Å². The number of carbonyl (C=O) groups is 2. The van der Waals surface area contributed by atoms with Crippen LogP contribution in [0.25, 0.3) is 0 Å². The number of amides is 2. The lowest BCUT2D eigenvalue weighted by molar-refractivity contribution is -0.128. The zero-order valence-electron chi connectivity index (χ0n) is 14.8. The van der Waals surface area contributed by atoms with E-state index in [-0.39, 0.29) is 24.3 Å². The Morgan fingerprint density at radius 1 is 1.27 bits per heavy atom. The number of hydrogen-bond acceptors (Lipinski definition) is 5. The van der Waals surface area contributed by atoms with E-state index >= 15 is 0 Å². The van der Waals surface area contributed by atoms with Gasteiger partial charge in [0.25, 0.3) is 5.91 Å². The number of likely N-dealkylation sites (N-methyl/N-ethyl adjacent to an activating group) is 1. The number of nitrogens with one attached hydrogen (secondary N) is 1. The Morgan fingerprint density at radius 3 is 2.58 bits per heavy atom. The van der Waals surface area contributed by atoms with Gasteiger partial charge in [-0.3, -0.25) is 9.59 Å². The summed E-state index contributed by atoms with van der Waals surface area (Å²) >= 11 is 0. The molecule has 2 aliphatic heterocycles. The Kier molecular flexibility index (Phi) is 5.19. The summed E-state index contributed by atoms with van der Waals surface area (Å²) in [5.41, 5.74) is 0.702. The van der Waals surface area contributed by atoms with Crippen molar-refractivity contribution in [2.24, 2.45) is 5.92 Å². The van der Waals surface area contributed by atoms with E-state index in [1.807, 2.05) is 12.1 Å². The summed E-state index contributed by atoms with van der Waals surface area (Å²) in [5.74, 6) is -0.0287. The molecular formula is C17H23N3O5S. The second kappa shape index (κ2) is 7.24. The van der Waals surface area contributed by atoms with Gasteiger partial charge in [0.1, 0.15) is 5.75 Å². The van der Waals surface area contributed by atoms with E-state index in [9.17, 15) is 18.0 Å². The molecule has 2 amide bonds. The van der Waals surface area contributed by atoms with E-state index in [1.165, 1.54) is 15.5 Å². The third kappa shape index (κ3) is 3.83. The quantitative estimate of drug-likeness (QED) is 0.804. The summed E-state index contributed by atoms with van der Waals surface area (Å²) in [6.45, 7) is 0.764. The molecule has 2 aliphatic rings. The summed E-state index contributed by atoms with van der Waals surface area (Å²) in [4.78, 5) is 26.3. The highest BCUT2D eigenvalue weighted by Gasteiger charge is 2.34. The average molecular weight is 381 g/mol.